The van der Waals surface area contributed by atoms with E-state index in [0.29, 0.717) is 6.54 Å². The number of carbonyl (C=O) groups is 1. The van der Waals surface area contributed by atoms with Crippen LogP contribution in [0, 0.1) is 0 Å². The molecule has 0 bridgehead atoms. The molecule has 3 nitrogen and oxygen atoms in total. The molecule has 13 heavy (non-hydrogen) atoms. The van der Waals surface area contributed by atoms with Gasteiger partial charge in [0.15, 0.2) is 0 Å². The largest absolute Gasteiger partial charge is 0.335 e. The standard InChI is InChI=1S/C10H20N2O/c1-4-10(3,5-2)12-7-6-11-8-9(12)13/h11H,4-8H2,1-3H3. The van der Waals surface area contributed by atoms with E-state index < -0.39 is 0 Å². The molecule has 0 spiro atoms. The Balaban J connectivity index is 2.71. The molecule has 1 saturated heterocycles. The zero-order valence-electron chi connectivity index (χ0n) is 8.89. The Bertz CT molecular complexity index is 187. The highest BCUT2D eigenvalue weighted by atomic mass is 16.2. The number of nitrogens with one attached hydrogen (secondary N) is 1. The summed E-state index contributed by atoms with van der Waals surface area (Å²) in [5.74, 6) is 0.248. The molecule has 0 atom stereocenters. The number of hydrogen-bond acceptors (Lipinski definition) is 2. The molecule has 3 heteroatoms. The van der Waals surface area contributed by atoms with Crippen molar-refractivity contribution in [2.45, 2.75) is 39.2 Å². The highest BCUT2D eigenvalue weighted by Crippen LogP contribution is 2.23. The summed E-state index contributed by atoms with van der Waals surface area (Å²) in [5, 5.41) is 3.09. The molecule has 1 rings (SSSR count). The van der Waals surface area contributed by atoms with Crippen LogP contribution < -0.4 is 5.32 Å². The SMILES string of the molecule is CCC(C)(CC)N1CCNCC1=O. The van der Waals surface area contributed by atoms with E-state index in [2.05, 4.69) is 26.1 Å². The molecule has 0 radical (unpaired) electrons. The number of rotatable bonds is 3. The summed E-state index contributed by atoms with van der Waals surface area (Å²) < 4.78 is 0. The minimum Gasteiger partial charge on any atom is -0.335 e. The second-order valence-electron chi connectivity index (χ2n) is 3.93. The fourth-order valence-corrected chi connectivity index (χ4v) is 1.81. The molecule has 1 aliphatic rings. The first-order chi connectivity index (χ1) is 6.14. The maximum absolute atomic E-state index is 11.6. The molecule has 0 aromatic carbocycles. The molecule has 1 amide bonds. The van der Waals surface area contributed by atoms with Crippen LogP contribution in [0.25, 0.3) is 0 Å². The molecule has 1 heterocycles. The first-order valence-corrected chi connectivity index (χ1v) is 5.15. The van der Waals surface area contributed by atoms with E-state index in [0.717, 1.165) is 25.9 Å². The minimum absolute atomic E-state index is 0.0686. The molecule has 1 N–H and O–H groups in total. The molecule has 1 fully saturated rings. The van der Waals surface area contributed by atoms with Gasteiger partial charge in [0.05, 0.1) is 6.54 Å². The Morgan fingerprint density at radius 3 is 2.54 bits per heavy atom. The Kier molecular flexibility index (Phi) is 3.31. The Morgan fingerprint density at radius 2 is 2.08 bits per heavy atom. The van der Waals surface area contributed by atoms with Crippen molar-refractivity contribution < 1.29 is 4.79 Å². The summed E-state index contributed by atoms with van der Waals surface area (Å²) >= 11 is 0. The van der Waals surface area contributed by atoms with Gasteiger partial charge in [0.25, 0.3) is 0 Å². The minimum atomic E-state index is 0.0686. The van der Waals surface area contributed by atoms with Crippen molar-refractivity contribution in [3.63, 3.8) is 0 Å². The Hall–Kier alpha value is -0.570. The predicted octanol–water partition coefficient (Wildman–Crippen LogP) is 0.997. The normalized spacial score (nSPS) is 19.3. The quantitative estimate of drug-likeness (QED) is 0.709. The van der Waals surface area contributed by atoms with Gasteiger partial charge < -0.3 is 10.2 Å². The summed E-state index contributed by atoms with van der Waals surface area (Å²) in [6.07, 6.45) is 2.07. The zero-order chi connectivity index (χ0) is 9.90. The second-order valence-corrected chi connectivity index (χ2v) is 3.93. The monoisotopic (exact) mass is 184 g/mol. The maximum atomic E-state index is 11.6. The van der Waals surface area contributed by atoms with Crippen molar-refractivity contribution in [3.8, 4) is 0 Å². The van der Waals surface area contributed by atoms with E-state index in [9.17, 15) is 4.79 Å². The van der Waals surface area contributed by atoms with Crippen molar-refractivity contribution >= 4 is 5.91 Å². The molecule has 1 aliphatic heterocycles. The van der Waals surface area contributed by atoms with Crippen LogP contribution in [0.3, 0.4) is 0 Å². The van der Waals surface area contributed by atoms with Crippen LogP contribution in [0.2, 0.25) is 0 Å². The molecule has 0 aliphatic carbocycles. The van der Waals surface area contributed by atoms with Gasteiger partial charge in [0.1, 0.15) is 0 Å². The van der Waals surface area contributed by atoms with Crippen LogP contribution in [-0.2, 0) is 4.79 Å². The lowest BCUT2D eigenvalue weighted by atomic mass is 9.92. The van der Waals surface area contributed by atoms with E-state index in [1.165, 1.54) is 0 Å². The molecular weight excluding hydrogens is 164 g/mol. The van der Waals surface area contributed by atoms with Crippen LogP contribution >= 0.6 is 0 Å². The van der Waals surface area contributed by atoms with Gasteiger partial charge in [-0.3, -0.25) is 4.79 Å². The van der Waals surface area contributed by atoms with Crippen molar-refractivity contribution in [3.05, 3.63) is 0 Å². The van der Waals surface area contributed by atoms with Crippen LogP contribution in [0.1, 0.15) is 33.6 Å². The van der Waals surface area contributed by atoms with Gasteiger partial charge in [-0.15, -0.1) is 0 Å². The highest BCUT2D eigenvalue weighted by molar-refractivity contribution is 5.79. The summed E-state index contributed by atoms with van der Waals surface area (Å²) in [6, 6.07) is 0. The smallest absolute Gasteiger partial charge is 0.237 e. The maximum Gasteiger partial charge on any atom is 0.237 e. The number of carbonyl (C=O) groups excluding carboxylic acids is 1. The molecule has 0 saturated carbocycles. The highest BCUT2D eigenvalue weighted by Gasteiger charge is 2.32. The Labute approximate surface area is 80.5 Å². The third-order valence-corrected chi connectivity index (χ3v) is 3.26. The molecular formula is C10H20N2O. The fourth-order valence-electron chi connectivity index (χ4n) is 1.81. The van der Waals surface area contributed by atoms with Crippen LogP contribution in [-0.4, -0.2) is 36.0 Å². The van der Waals surface area contributed by atoms with E-state index in [4.69, 9.17) is 0 Å². The van der Waals surface area contributed by atoms with Gasteiger partial charge in [0, 0.05) is 18.6 Å². The number of hydrogen-bond donors (Lipinski definition) is 1. The third kappa shape index (κ3) is 2.02. The van der Waals surface area contributed by atoms with Crippen molar-refractivity contribution in [1.82, 2.24) is 10.2 Å². The lowest BCUT2D eigenvalue weighted by Gasteiger charge is -2.42. The van der Waals surface area contributed by atoms with Gasteiger partial charge in [-0.1, -0.05) is 13.8 Å². The Morgan fingerprint density at radius 1 is 1.46 bits per heavy atom. The van der Waals surface area contributed by atoms with Crippen molar-refractivity contribution in [2.24, 2.45) is 0 Å². The molecule has 76 valence electrons. The number of amides is 1. The lowest BCUT2D eigenvalue weighted by molar-refractivity contribution is -0.138. The average Bonchev–Trinajstić information content (AvgIpc) is 2.17. The van der Waals surface area contributed by atoms with E-state index >= 15 is 0 Å². The summed E-state index contributed by atoms with van der Waals surface area (Å²) in [4.78, 5) is 13.7. The van der Waals surface area contributed by atoms with Gasteiger partial charge in [-0.25, -0.2) is 0 Å². The summed E-state index contributed by atoms with van der Waals surface area (Å²) in [7, 11) is 0. The first kappa shape index (κ1) is 10.5. The summed E-state index contributed by atoms with van der Waals surface area (Å²) in [6.45, 7) is 8.78. The van der Waals surface area contributed by atoms with Crippen molar-refractivity contribution in [2.75, 3.05) is 19.6 Å². The average molecular weight is 184 g/mol. The topological polar surface area (TPSA) is 32.3 Å². The number of nitrogens with zero attached hydrogens (tertiary/aromatic N) is 1. The van der Waals surface area contributed by atoms with E-state index in [1.54, 1.807) is 0 Å². The van der Waals surface area contributed by atoms with Crippen LogP contribution in [0.5, 0.6) is 0 Å². The molecule has 0 aromatic heterocycles. The fraction of sp³-hybridized carbons (Fsp3) is 0.900. The number of piperazine rings is 1. The zero-order valence-corrected chi connectivity index (χ0v) is 8.89. The van der Waals surface area contributed by atoms with Crippen LogP contribution in [0.15, 0.2) is 0 Å². The lowest BCUT2D eigenvalue weighted by Crippen LogP contribution is -2.57. The van der Waals surface area contributed by atoms with Gasteiger partial charge in [-0.2, -0.15) is 0 Å². The first-order valence-electron chi connectivity index (χ1n) is 5.15. The predicted molar refractivity (Wildman–Crippen MR) is 53.6 cm³/mol. The van der Waals surface area contributed by atoms with Gasteiger partial charge >= 0.3 is 0 Å². The van der Waals surface area contributed by atoms with E-state index in [1.807, 2.05) is 4.90 Å². The van der Waals surface area contributed by atoms with Crippen LogP contribution in [0.4, 0.5) is 0 Å². The molecule has 0 aromatic rings. The van der Waals surface area contributed by atoms with Crippen molar-refractivity contribution in [1.29, 1.82) is 0 Å². The van der Waals surface area contributed by atoms with E-state index in [-0.39, 0.29) is 11.4 Å². The molecule has 0 unspecified atom stereocenters. The van der Waals surface area contributed by atoms with Gasteiger partial charge in [-0.05, 0) is 19.8 Å². The summed E-state index contributed by atoms with van der Waals surface area (Å²) in [5.41, 5.74) is 0.0686. The van der Waals surface area contributed by atoms with Gasteiger partial charge in [0.2, 0.25) is 5.91 Å². The second kappa shape index (κ2) is 4.09. The third-order valence-electron chi connectivity index (χ3n) is 3.26.